The number of benzene rings is 2. The molecule has 2 aliphatic rings. The zero-order chi connectivity index (χ0) is 14.8. The molecule has 0 bridgehead atoms. The molecule has 108 valence electrons. The summed E-state index contributed by atoms with van der Waals surface area (Å²) in [6.45, 7) is 6.92. The average molecular weight is 388 g/mol. The van der Waals surface area contributed by atoms with Crippen molar-refractivity contribution < 1.29 is 0 Å². The first-order valence-electron chi connectivity index (χ1n) is 7.87. The van der Waals surface area contributed by atoms with Crippen molar-refractivity contribution in [2.24, 2.45) is 0 Å². The largest absolute Gasteiger partial charge is 0.0816 e. The third-order valence-corrected chi connectivity index (χ3v) is 6.43. The molecule has 2 aromatic carbocycles. The van der Waals surface area contributed by atoms with Crippen LogP contribution in [0, 0.1) is 0 Å². The van der Waals surface area contributed by atoms with Crippen molar-refractivity contribution in [1.29, 1.82) is 0 Å². The lowest BCUT2D eigenvalue weighted by Gasteiger charge is -2.30. The minimum absolute atomic E-state index is 0.212. The summed E-state index contributed by atoms with van der Waals surface area (Å²) in [5, 5.41) is 5.90. The molecular weight excluding hydrogens is 367 g/mol. The fraction of sp³-hybridized carbons (Fsp3) is 0.400. The summed E-state index contributed by atoms with van der Waals surface area (Å²) in [6.07, 6.45) is 7.34. The van der Waals surface area contributed by atoms with Crippen LogP contribution in [0.15, 0.2) is 24.3 Å². The third-order valence-electron chi connectivity index (χ3n) is 5.05. The lowest BCUT2D eigenvalue weighted by Crippen LogP contribution is -2.30. The molecule has 0 radical (unpaired) electrons. The van der Waals surface area contributed by atoms with Crippen LogP contribution in [0.1, 0.15) is 50.7 Å². The maximum absolute atomic E-state index is 2.65. The predicted molar refractivity (Wildman–Crippen MR) is 101 cm³/mol. The SMILES string of the molecule is CC(C)(C)c1cc2c3c4c(ccc3c1)=CCC(I)C4CC=2. The highest BCUT2D eigenvalue weighted by Gasteiger charge is 2.28. The molecule has 0 spiro atoms. The Bertz CT molecular complexity index is 852. The van der Waals surface area contributed by atoms with Crippen LogP contribution in [0.3, 0.4) is 0 Å². The first-order chi connectivity index (χ1) is 9.95. The van der Waals surface area contributed by atoms with E-state index in [0.717, 1.165) is 3.92 Å². The van der Waals surface area contributed by atoms with E-state index in [1.807, 2.05) is 0 Å². The van der Waals surface area contributed by atoms with Crippen LogP contribution in [0.2, 0.25) is 0 Å². The monoisotopic (exact) mass is 388 g/mol. The Labute approximate surface area is 140 Å². The van der Waals surface area contributed by atoms with Gasteiger partial charge < -0.3 is 0 Å². The maximum Gasteiger partial charge on any atom is 0.0216 e. The van der Waals surface area contributed by atoms with Gasteiger partial charge in [-0.25, -0.2) is 0 Å². The Hall–Kier alpha value is -0.830. The number of hydrogen-bond donors (Lipinski definition) is 0. The summed E-state index contributed by atoms with van der Waals surface area (Å²) in [5.41, 5.74) is 3.28. The molecule has 0 aliphatic heterocycles. The van der Waals surface area contributed by atoms with Crippen LogP contribution in [0.25, 0.3) is 22.9 Å². The van der Waals surface area contributed by atoms with Gasteiger partial charge in [0, 0.05) is 9.84 Å². The zero-order valence-electron chi connectivity index (χ0n) is 12.9. The molecule has 2 atom stereocenters. The summed E-state index contributed by atoms with van der Waals surface area (Å²) in [6, 6.07) is 9.50. The molecule has 0 fully saturated rings. The van der Waals surface area contributed by atoms with E-state index in [1.54, 1.807) is 5.56 Å². The average Bonchev–Trinajstić information content (AvgIpc) is 2.45. The van der Waals surface area contributed by atoms with E-state index in [0.29, 0.717) is 5.92 Å². The Morgan fingerprint density at radius 3 is 2.52 bits per heavy atom. The van der Waals surface area contributed by atoms with Crippen LogP contribution < -0.4 is 10.4 Å². The van der Waals surface area contributed by atoms with Gasteiger partial charge in [0.25, 0.3) is 0 Å². The number of alkyl halides is 1. The molecule has 0 aromatic heterocycles. The fourth-order valence-corrected chi connectivity index (χ4v) is 4.73. The molecule has 0 saturated carbocycles. The van der Waals surface area contributed by atoms with E-state index in [-0.39, 0.29) is 5.41 Å². The van der Waals surface area contributed by atoms with E-state index in [4.69, 9.17) is 0 Å². The first-order valence-corrected chi connectivity index (χ1v) is 9.11. The van der Waals surface area contributed by atoms with Gasteiger partial charge in [0.15, 0.2) is 0 Å². The molecule has 2 aliphatic carbocycles. The lowest BCUT2D eigenvalue weighted by molar-refractivity contribution is 0.590. The van der Waals surface area contributed by atoms with E-state index in [2.05, 4.69) is 79.8 Å². The van der Waals surface area contributed by atoms with Crippen LogP contribution in [-0.4, -0.2) is 3.92 Å². The van der Waals surface area contributed by atoms with E-state index in [1.165, 1.54) is 39.6 Å². The highest BCUT2D eigenvalue weighted by molar-refractivity contribution is 14.1. The van der Waals surface area contributed by atoms with Gasteiger partial charge in [-0.2, -0.15) is 0 Å². The Kier molecular flexibility index (Phi) is 3.01. The van der Waals surface area contributed by atoms with Crippen LogP contribution >= 0.6 is 22.6 Å². The summed E-state index contributed by atoms with van der Waals surface area (Å²) in [7, 11) is 0. The van der Waals surface area contributed by atoms with Crippen molar-refractivity contribution in [1.82, 2.24) is 0 Å². The molecule has 2 aromatic rings. The van der Waals surface area contributed by atoms with Crippen LogP contribution in [-0.2, 0) is 5.41 Å². The molecule has 4 rings (SSSR count). The van der Waals surface area contributed by atoms with Gasteiger partial charge in [0.2, 0.25) is 0 Å². The first kappa shape index (κ1) is 13.8. The molecule has 1 heteroatoms. The van der Waals surface area contributed by atoms with Crippen molar-refractivity contribution in [2.45, 2.75) is 48.9 Å². The predicted octanol–water partition coefficient (Wildman–Crippen LogP) is 4.39. The van der Waals surface area contributed by atoms with Crippen molar-refractivity contribution in [3.63, 3.8) is 0 Å². The molecule has 0 saturated heterocycles. The van der Waals surface area contributed by atoms with E-state index < -0.39 is 0 Å². The van der Waals surface area contributed by atoms with Crippen molar-refractivity contribution >= 4 is 45.5 Å². The van der Waals surface area contributed by atoms with Gasteiger partial charge in [-0.05, 0) is 50.6 Å². The Morgan fingerprint density at radius 1 is 1.00 bits per heavy atom. The molecule has 0 nitrogen and oxygen atoms in total. The standard InChI is InChI=1S/C20H21I/c1-20(2,3)15-10-13-5-4-12-7-9-17(21)16-8-6-14(11-15)18(13)19(12)16/h4-7,10-11,16-17H,8-9H2,1-3H3. The van der Waals surface area contributed by atoms with Gasteiger partial charge in [0.1, 0.15) is 0 Å². The lowest BCUT2D eigenvalue weighted by atomic mass is 9.77. The third kappa shape index (κ3) is 2.08. The van der Waals surface area contributed by atoms with Gasteiger partial charge in [-0.1, -0.05) is 79.8 Å². The minimum atomic E-state index is 0.212. The van der Waals surface area contributed by atoms with Crippen molar-refractivity contribution in [3.05, 3.63) is 45.8 Å². The highest BCUT2D eigenvalue weighted by atomic mass is 127. The van der Waals surface area contributed by atoms with Crippen LogP contribution in [0.4, 0.5) is 0 Å². The smallest absolute Gasteiger partial charge is 0.0216 e. The van der Waals surface area contributed by atoms with Crippen molar-refractivity contribution in [3.8, 4) is 0 Å². The molecule has 21 heavy (non-hydrogen) atoms. The summed E-state index contributed by atoms with van der Waals surface area (Å²) in [4.78, 5) is 0. The summed E-state index contributed by atoms with van der Waals surface area (Å²) >= 11 is 2.65. The molecule has 0 amide bonds. The molecular formula is C20H21I. The zero-order valence-corrected chi connectivity index (χ0v) is 15.1. The highest BCUT2D eigenvalue weighted by Crippen LogP contribution is 2.38. The second-order valence-electron chi connectivity index (χ2n) is 7.48. The summed E-state index contributed by atoms with van der Waals surface area (Å²) < 4.78 is 0.743. The molecule has 0 heterocycles. The van der Waals surface area contributed by atoms with Crippen LogP contribution in [0.5, 0.6) is 0 Å². The number of halogens is 1. The fourth-order valence-electron chi connectivity index (χ4n) is 3.82. The second-order valence-corrected chi connectivity index (χ2v) is 9.08. The number of rotatable bonds is 0. The maximum atomic E-state index is 2.65. The van der Waals surface area contributed by atoms with E-state index in [9.17, 15) is 0 Å². The normalized spacial score (nSPS) is 23.6. The van der Waals surface area contributed by atoms with Crippen molar-refractivity contribution in [2.75, 3.05) is 0 Å². The molecule has 2 unspecified atom stereocenters. The quantitative estimate of drug-likeness (QED) is 0.464. The van der Waals surface area contributed by atoms with Gasteiger partial charge in [-0.3, -0.25) is 0 Å². The van der Waals surface area contributed by atoms with Gasteiger partial charge >= 0.3 is 0 Å². The van der Waals surface area contributed by atoms with Gasteiger partial charge in [0.05, 0.1) is 0 Å². The minimum Gasteiger partial charge on any atom is -0.0816 e. The van der Waals surface area contributed by atoms with E-state index >= 15 is 0 Å². The topological polar surface area (TPSA) is 0 Å². The number of hydrogen-bond acceptors (Lipinski definition) is 0. The Balaban J connectivity index is 2.13. The second kappa shape index (κ2) is 4.58. The Morgan fingerprint density at radius 2 is 1.76 bits per heavy atom. The summed E-state index contributed by atoms with van der Waals surface area (Å²) in [5.74, 6) is 0.710. The van der Waals surface area contributed by atoms with Gasteiger partial charge in [-0.15, -0.1) is 0 Å². The molecule has 0 N–H and O–H groups in total.